The fraction of sp³-hybridized carbons (Fsp3) is 0.0294. The number of nitrogens with zero attached hydrogens (tertiary/aromatic N) is 2. The predicted octanol–water partition coefficient (Wildman–Crippen LogP) is 21.2. The molecular formula is C68H50N2S4. The highest BCUT2D eigenvalue weighted by Crippen LogP contribution is 2.55. The molecule has 0 unspecified atom stereocenters. The van der Waals surface area contributed by atoms with Gasteiger partial charge in [0, 0.05) is 62.7 Å². The molecule has 0 atom stereocenters. The summed E-state index contributed by atoms with van der Waals surface area (Å²) >= 11 is 7.51. The molecule has 0 radical (unpaired) electrons. The van der Waals surface area contributed by atoms with Crippen LogP contribution in [0.4, 0.5) is 34.1 Å². The number of hydrogen-bond acceptors (Lipinski definition) is 6. The third-order valence-corrected chi connectivity index (χ3v) is 18.3. The second-order valence-electron chi connectivity index (χ2n) is 18.3. The molecule has 11 aromatic carbocycles. The molecule has 2 nitrogen and oxygen atoms in total. The van der Waals surface area contributed by atoms with Crippen molar-refractivity contribution in [1.29, 1.82) is 0 Å². The summed E-state index contributed by atoms with van der Waals surface area (Å²) in [7, 11) is 0. The summed E-state index contributed by atoms with van der Waals surface area (Å²) < 4.78 is 0. The van der Waals surface area contributed by atoms with Gasteiger partial charge in [0.05, 0.1) is 10.6 Å². The summed E-state index contributed by atoms with van der Waals surface area (Å²) in [6.07, 6.45) is 0. The summed E-state index contributed by atoms with van der Waals surface area (Å²) in [5, 5.41) is 0. The molecule has 0 spiro atoms. The van der Waals surface area contributed by atoms with Crippen molar-refractivity contribution in [2.45, 2.75) is 53.0 Å². The van der Waals surface area contributed by atoms with E-state index >= 15 is 0 Å². The average molecular weight is 1020 g/mol. The monoisotopic (exact) mass is 1020 g/mol. The minimum Gasteiger partial charge on any atom is -0.311 e. The second-order valence-corrected chi connectivity index (χ2v) is 22.5. The van der Waals surface area contributed by atoms with Crippen molar-refractivity contribution in [2.75, 3.05) is 9.80 Å². The van der Waals surface area contributed by atoms with Gasteiger partial charge in [0.1, 0.15) is 0 Å². The maximum absolute atomic E-state index is 2.39. The lowest BCUT2D eigenvalue weighted by Crippen LogP contribution is -2.12. The first-order chi connectivity index (χ1) is 36.5. The Labute approximate surface area is 452 Å². The zero-order valence-corrected chi connectivity index (χ0v) is 44.2. The third-order valence-electron chi connectivity index (χ3n) is 13.1. The van der Waals surface area contributed by atoms with Crippen LogP contribution in [0, 0.1) is 13.8 Å². The summed E-state index contributed by atoms with van der Waals surface area (Å²) in [5.41, 5.74) is 17.0. The lowest BCUT2D eigenvalue weighted by molar-refractivity contribution is 1.12. The van der Waals surface area contributed by atoms with Crippen molar-refractivity contribution in [2.24, 2.45) is 0 Å². The van der Waals surface area contributed by atoms with Gasteiger partial charge in [-0.15, -0.1) is 0 Å². The van der Waals surface area contributed by atoms with Crippen molar-refractivity contribution >= 4 is 81.2 Å². The van der Waals surface area contributed by atoms with Gasteiger partial charge in [-0.05, 0) is 161 Å². The van der Waals surface area contributed by atoms with Crippen LogP contribution >= 0.6 is 47.0 Å². The van der Waals surface area contributed by atoms with Crippen LogP contribution in [0.25, 0.3) is 33.4 Å². The molecule has 0 N–H and O–H groups in total. The van der Waals surface area contributed by atoms with Crippen molar-refractivity contribution in [3.8, 4) is 33.4 Å². The summed E-state index contributed by atoms with van der Waals surface area (Å²) in [5.74, 6) is 0. The number of hydrogen-bond donors (Lipinski definition) is 0. The Morgan fingerprint density at radius 2 is 0.649 bits per heavy atom. The minimum atomic E-state index is 1.14. The van der Waals surface area contributed by atoms with Gasteiger partial charge >= 0.3 is 0 Å². The van der Waals surface area contributed by atoms with Gasteiger partial charge in [-0.25, -0.2) is 0 Å². The van der Waals surface area contributed by atoms with E-state index in [1.54, 1.807) is 0 Å². The molecule has 0 saturated carbocycles. The molecule has 356 valence electrons. The van der Waals surface area contributed by atoms with Crippen molar-refractivity contribution < 1.29 is 0 Å². The van der Waals surface area contributed by atoms with Gasteiger partial charge in [0.15, 0.2) is 0 Å². The Bertz CT molecular complexity index is 3600. The first-order valence-electron chi connectivity index (χ1n) is 24.8. The fourth-order valence-electron chi connectivity index (χ4n) is 9.54. The Morgan fingerprint density at radius 3 is 1.22 bits per heavy atom. The molecular weight excluding hydrogens is 973 g/mol. The summed E-state index contributed by atoms with van der Waals surface area (Å²) in [4.78, 5) is 15.3. The molecule has 6 heteroatoms. The van der Waals surface area contributed by atoms with Gasteiger partial charge in [0.2, 0.25) is 0 Å². The highest BCUT2D eigenvalue weighted by atomic mass is 32.2. The van der Waals surface area contributed by atoms with Crippen molar-refractivity contribution in [1.82, 2.24) is 0 Å². The maximum Gasteiger partial charge on any atom is 0.0612 e. The fourth-order valence-corrected chi connectivity index (χ4v) is 14.5. The molecule has 0 aliphatic carbocycles. The topological polar surface area (TPSA) is 6.48 Å². The lowest BCUT2D eigenvalue weighted by Gasteiger charge is -2.30. The SMILES string of the molecule is Cc1ccc2c(c1)Sc1c(cc(C)cc1-c1ccc(N(c3ccccc3)c3ccccc3)cc1)S2.c1ccc(-c2ccc(N(c3ccc(-c4ccccc4)cc3)c3cccc4c3Sc3ccccc3S4)cc2)cc1. The van der Waals surface area contributed by atoms with Gasteiger partial charge in [-0.2, -0.15) is 0 Å². The molecule has 0 bridgehead atoms. The minimum absolute atomic E-state index is 1.14. The van der Waals surface area contributed by atoms with Crippen LogP contribution in [0.15, 0.2) is 306 Å². The van der Waals surface area contributed by atoms with Crippen LogP contribution < -0.4 is 9.80 Å². The van der Waals surface area contributed by atoms with E-state index in [4.69, 9.17) is 0 Å². The maximum atomic E-state index is 2.39. The highest BCUT2D eigenvalue weighted by molar-refractivity contribution is 8.05. The van der Waals surface area contributed by atoms with Gasteiger partial charge in [-0.1, -0.05) is 211 Å². The van der Waals surface area contributed by atoms with Crippen LogP contribution in [0.3, 0.4) is 0 Å². The molecule has 74 heavy (non-hydrogen) atoms. The first kappa shape index (κ1) is 47.4. The predicted molar refractivity (Wildman–Crippen MR) is 317 cm³/mol. The van der Waals surface area contributed by atoms with E-state index in [-0.39, 0.29) is 0 Å². The molecule has 0 fully saturated rings. The largest absolute Gasteiger partial charge is 0.311 e. The lowest BCUT2D eigenvalue weighted by atomic mass is 10.0. The second kappa shape index (κ2) is 21.5. The van der Waals surface area contributed by atoms with Crippen LogP contribution in [0.2, 0.25) is 0 Å². The number of anilines is 6. The van der Waals surface area contributed by atoms with E-state index in [0.29, 0.717) is 0 Å². The Balaban J connectivity index is 0.000000151. The molecule has 2 aliphatic heterocycles. The highest BCUT2D eigenvalue weighted by Gasteiger charge is 2.25. The molecule has 0 saturated heterocycles. The van der Waals surface area contributed by atoms with Crippen LogP contribution in [-0.2, 0) is 0 Å². The first-order valence-corrected chi connectivity index (χ1v) is 28.1. The van der Waals surface area contributed by atoms with E-state index in [2.05, 4.69) is 291 Å². The molecule has 0 amide bonds. The van der Waals surface area contributed by atoms with Gasteiger partial charge < -0.3 is 9.80 Å². The van der Waals surface area contributed by atoms with E-state index < -0.39 is 0 Å². The molecule has 0 aromatic heterocycles. The van der Waals surface area contributed by atoms with Crippen molar-refractivity contribution in [3.05, 3.63) is 278 Å². The van der Waals surface area contributed by atoms with E-state index in [1.165, 1.54) is 89.4 Å². The van der Waals surface area contributed by atoms with Crippen molar-refractivity contribution in [3.63, 3.8) is 0 Å². The van der Waals surface area contributed by atoms with E-state index in [1.807, 2.05) is 47.0 Å². The molecule has 11 aromatic rings. The molecule has 2 heterocycles. The third kappa shape index (κ3) is 10.1. The van der Waals surface area contributed by atoms with Crippen LogP contribution in [0.5, 0.6) is 0 Å². The van der Waals surface area contributed by atoms with Gasteiger partial charge in [0.25, 0.3) is 0 Å². The number of benzene rings is 11. The number of rotatable bonds is 9. The summed E-state index contributed by atoms with van der Waals surface area (Å²) in [6.45, 7) is 4.36. The summed E-state index contributed by atoms with van der Waals surface area (Å²) in [6, 6.07) is 95.9. The standard InChI is InChI=1S/C36H25NS2.C32H25NS2/c1-3-10-26(11-4-1)28-18-22-30(23-19-28)37(31-24-20-29(21-25-31)27-12-5-2-6-13-27)32-14-9-17-35-36(32)39-34-16-8-7-15-33(34)38-35;1-22-13-18-29-30(20-22)35-32-28(19-23(2)21-31(32)34-29)24-14-16-27(17-15-24)33(25-9-5-3-6-10-25)26-11-7-4-8-12-26/h1-25H;3-21H,1-2H3. The number of aryl methyl sites for hydroxylation is 2. The van der Waals surface area contributed by atoms with Gasteiger partial charge in [-0.3, -0.25) is 0 Å². The molecule has 2 aliphatic rings. The smallest absolute Gasteiger partial charge is 0.0612 e. The van der Waals surface area contributed by atoms with E-state index in [0.717, 1.165) is 28.4 Å². The van der Waals surface area contributed by atoms with Crippen LogP contribution in [0.1, 0.15) is 11.1 Å². The average Bonchev–Trinajstić information content (AvgIpc) is 3.46. The normalized spacial score (nSPS) is 12.0. The number of para-hydroxylation sites is 2. The Hall–Kier alpha value is -7.58. The quantitative estimate of drug-likeness (QED) is 0.141. The molecule has 13 rings (SSSR count). The van der Waals surface area contributed by atoms with Crippen LogP contribution in [-0.4, -0.2) is 0 Å². The zero-order valence-electron chi connectivity index (χ0n) is 40.9. The Morgan fingerprint density at radius 1 is 0.243 bits per heavy atom. The Kier molecular flexibility index (Phi) is 13.8. The number of fused-ring (bicyclic) bond motifs is 4. The zero-order chi connectivity index (χ0) is 49.8. The van der Waals surface area contributed by atoms with E-state index in [9.17, 15) is 0 Å².